The molecule has 11 heavy (non-hydrogen) atoms. The minimum atomic E-state index is -3.76. The Morgan fingerprint density at radius 1 is 1.36 bits per heavy atom. The van der Waals surface area contributed by atoms with Gasteiger partial charge in [-0.3, -0.25) is 4.57 Å². The first-order chi connectivity index (χ1) is 4.90. The van der Waals surface area contributed by atoms with Gasteiger partial charge in [0.2, 0.25) is 0 Å². The molecule has 0 bridgehead atoms. The average molecular weight is 184 g/mol. The van der Waals surface area contributed by atoms with Crippen LogP contribution in [0.25, 0.3) is 0 Å². The molecular weight excluding hydrogens is 167 g/mol. The summed E-state index contributed by atoms with van der Waals surface area (Å²) in [5.41, 5.74) is -0.484. The molecule has 0 aromatic carbocycles. The van der Waals surface area contributed by atoms with Crippen molar-refractivity contribution in [2.75, 3.05) is 6.61 Å². The topological polar surface area (TPSA) is 77.8 Å². The Labute approximate surface area is 67.4 Å². The second-order valence-electron chi connectivity index (χ2n) is 2.16. The SMILES string of the molecule is CCC(C)P(=O)(O)O.CCO. The molecule has 0 saturated carbocycles. The first-order valence-electron chi connectivity index (χ1n) is 3.56. The van der Waals surface area contributed by atoms with Crippen LogP contribution in [-0.4, -0.2) is 27.2 Å². The quantitative estimate of drug-likeness (QED) is 0.558. The van der Waals surface area contributed by atoms with Gasteiger partial charge in [-0.25, -0.2) is 0 Å². The minimum Gasteiger partial charge on any atom is -0.397 e. The minimum absolute atomic E-state index is 0.250. The lowest BCUT2D eigenvalue weighted by atomic mass is 10.4. The van der Waals surface area contributed by atoms with Crippen LogP contribution in [0.1, 0.15) is 27.2 Å². The molecule has 0 heterocycles. The van der Waals surface area contributed by atoms with Crippen LogP contribution >= 0.6 is 7.60 Å². The van der Waals surface area contributed by atoms with E-state index in [4.69, 9.17) is 14.9 Å². The highest BCUT2D eigenvalue weighted by molar-refractivity contribution is 7.52. The summed E-state index contributed by atoms with van der Waals surface area (Å²) in [6.07, 6.45) is 0.532. The van der Waals surface area contributed by atoms with E-state index < -0.39 is 13.3 Å². The molecule has 0 aromatic rings. The van der Waals surface area contributed by atoms with Gasteiger partial charge >= 0.3 is 7.60 Å². The zero-order chi connectivity index (χ0) is 9.49. The van der Waals surface area contributed by atoms with Crippen molar-refractivity contribution >= 4 is 7.60 Å². The molecular formula is C6H17O4P. The van der Waals surface area contributed by atoms with Crippen LogP contribution in [-0.2, 0) is 4.57 Å². The first kappa shape index (κ1) is 13.7. The Kier molecular flexibility index (Phi) is 8.46. The van der Waals surface area contributed by atoms with Crippen molar-refractivity contribution in [3.8, 4) is 0 Å². The molecule has 1 unspecified atom stereocenters. The summed E-state index contributed by atoms with van der Waals surface area (Å²) in [4.78, 5) is 16.8. The highest BCUT2D eigenvalue weighted by Crippen LogP contribution is 2.42. The van der Waals surface area contributed by atoms with Crippen molar-refractivity contribution in [3.63, 3.8) is 0 Å². The van der Waals surface area contributed by atoms with E-state index in [1.807, 2.05) is 0 Å². The van der Waals surface area contributed by atoms with E-state index in [9.17, 15) is 4.57 Å². The molecule has 1 atom stereocenters. The van der Waals surface area contributed by atoms with Gasteiger partial charge in [0.25, 0.3) is 0 Å². The number of hydrogen-bond donors (Lipinski definition) is 3. The predicted octanol–water partition coefficient (Wildman–Crippen LogP) is 0.961. The van der Waals surface area contributed by atoms with E-state index in [1.165, 1.54) is 0 Å². The van der Waals surface area contributed by atoms with Crippen LogP contribution in [0, 0.1) is 0 Å². The largest absolute Gasteiger partial charge is 0.397 e. The smallest absolute Gasteiger partial charge is 0.328 e. The van der Waals surface area contributed by atoms with E-state index in [2.05, 4.69) is 0 Å². The van der Waals surface area contributed by atoms with Crippen LogP contribution in [0.3, 0.4) is 0 Å². The zero-order valence-electron chi connectivity index (χ0n) is 7.19. The molecule has 0 aliphatic heterocycles. The Morgan fingerprint density at radius 3 is 1.64 bits per heavy atom. The van der Waals surface area contributed by atoms with Crippen molar-refractivity contribution in [3.05, 3.63) is 0 Å². The lowest BCUT2D eigenvalue weighted by Crippen LogP contribution is -1.99. The molecule has 5 heteroatoms. The molecule has 0 aliphatic rings. The van der Waals surface area contributed by atoms with Gasteiger partial charge in [-0.1, -0.05) is 13.8 Å². The summed E-state index contributed by atoms with van der Waals surface area (Å²) in [6, 6.07) is 0. The standard InChI is InChI=1S/C4H11O3P.C2H6O/c1-3-4(2)8(5,6)7;1-2-3/h4H,3H2,1-2H3,(H2,5,6,7);3H,2H2,1H3. The molecule has 0 fully saturated rings. The van der Waals surface area contributed by atoms with Gasteiger partial charge in [-0.05, 0) is 13.3 Å². The third-order valence-electron chi connectivity index (χ3n) is 1.17. The fraction of sp³-hybridized carbons (Fsp3) is 1.00. The van der Waals surface area contributed by atoms with Crippen LogP contribution in [0.5, 0.6) is 0 Å². The molecule has 0 rings (SSSR count). The van der Waals surface area contributed by atoms with E-state index in [-0.39, 0.29) is 6.61 Å². The van der Waals surface area contributed by atoms with Gasteiger partial charge in [0.15, 0.2) is 0 Å². The van der Waals surface area contributed by atoms with Crippen molar-refractivity contribution in [2.45, 2.75) is 32.9 Å². The summed E-state index contributed by atoms with van der Waals surface area (Å²) in [5.74, 6) is 0. The molecule has 3 N–H and O–H groups in total. The Balaban J connectivity index is 0. The molecule has 0 aromatic heterocycles. The van der Waals surface area contributed by atoms with E-state index in [1.54, 1.807) is 20.8 Å². The fourth-order valence-electron chi connectivity index (χ4n) is 0.238. The van der Waals surface area contributed by atoms with Gasteiger partial charge < -0.3 is 14.9 Å². The third-order valence-corrected chi connectivity index (χ3v) is 2.68. The van der Waals surface area contributed by atoms with E-state index in [0.717, 1.165) is 0 Å². The highest BCUT2D eigenvalue weighted by Gasteiger charge is 2.20. The fourth-order valence-corrected chi connectivity index (χ4v) is 0.714. The van der Waals surface area contributed by atoms with Crippen LogP contribution in [0.15, 0.2) is 0 Å². The Hall–Kier alpha value is 0.110. The van der Waals surface area contributed by atoms with E-state index in [0.29, 0.717) is 6.42 Å². The number of hydrogen-bond acceptors (Lipinski definition) is 2. The zero-order valence-corrected chi connectivity index (χ0v) is 8.08. The van der Waals surface area contributed by atoms with Crippen molar-refractivity contribution in [1.29, 1.82) is 0 Å². The monoisotopic (exact) mass is 184 g/mol. The molecule has 0 amide bonds. The maximum Gasteiger partial charge on any atom is 0.328 e. The Morgan fingerprint density at radius 2 is 1.64 bits per heavy atom. The molecule has 70 valence electrons. The molecule has 0 radical (unpaired) electrons. The maximum atomic E-state index is 10.3. The normalized spacial score (nSPS) is 13.3. The van der Waals surface area contributed by atoms with Gasteiger partial charge in [0, 0.05) is 6.61 Å². The summed E-state index contributed by atoms with van der Waals surface area (Å²) < 4.78 is 10.3. The summed E-state index contributed by atoms with van der Waals surface area (Å²) in [7, 11) is -3.76. The predicted molar refractivity (Wildman–Crippen MR) is 44.6 cm³/mol. The molecule has 0 saturated heterocycles. The summed E-state index contributed by atoms with van der Waals surface area (Å²) in [6.45, 7) is 5.23. The van der Waals surface area contributed by atoms with E-state index >= 15 is 0 Å². The maximum absolute atomic E-state index is 10.3. The third kappa shape index (κ3) is 10.1. The van der Waals surface area contributed by atoms with Crippen molar-refractivity contribution in [2.24, 2.45) is 0 Å². The lowest BCUT2D eigenvalue weighted by Gasteiger charge is -2.08. The number of aliphatic hydroxyl groups excluding tert-OH is 1. The van der Waals surface area contributed by atoms with Gasteiger partial charge in [0.1, 0.15) is 0 Å². The van der Waals surface area contributed by atoms with Crippen molar-refractivity contribution in [1.82, 2.24) is 0 Å². The average Bonchev–Trinajstić information content (AvgIpc) is 1.86. The van der Waals surface area contributed by atoms with Crippen LogP contribution in [0.4, 0.5) is 0 Å². The summed E-state index contributed by atoms with van der Waals surface area (Å²) >= 11 is 0. The summed E-state index contributed by atoms with van der Waals surface area (Å²) in [5, 5.41) is 7.57. The second-order valence-corrected chi connectivity index (χ2v) is 4.22. The first-order valence-corrected chi connectivity index (χ1v) is 5.24. The molecule has 0 spiro atoms. The van der Waals surface area contributed by atoms with Crippen molar-refractivity contribution < 1.29 is 19.5 Å². The van der Waals surface area contributed by atoms with Gasteiger partial charge in [-0.2, -0.15) is 0 Å². The van der Waals surface area contributed by atoms with Gasteiger partial charge in [-0.15, -0.1) is 0 Å². The van der Waals surface area contributed by atoms with Gasteiger partial charge in [0.05, 0.1) is 5.66 Å². The van der Waals surface area contributed by atoms with Crippen LogP contribution < -0.4 is 0 Å². The van der Waals surface area contributed by atoms with Crippen LogP contribution in [0.2, 0.25) is 0 Å². The molecule has 0 aliphatic carbocycles. The number of aliphatic hydroxyl groups is 1. The molecule has 4 nitrogen and oxygen atoms in total. The Bertz CT molecular complexity index is 120. The number of rotatable bonds is 2. The highest BCUT2D eigenvalue weighted by atomic mass is 31.2. The lowest BCUT2D eigenvalue weighted by molar-refractivity contribution is 0.318. The second kappa shape index (κ2) is 6.80.